The summed E-state index contributed by atoms with van der Waals surface area (Å²) < 4.78 is 16.1. The summed E-state index contributed by atoms with van der Waals surface area (Å²) >= 11 is 6.15. The Labute approximate surface area is 128 Å². The number of halogens is 2. The minimum Gasteiger partial charge on any atom is -0.396 e. The first-order valence-electron chi connectivity index (χ1n) is 7.28. The fourth-order valence-electron chi connectivity index (χ4n) is 3.19. The maximum absolute atomic E-state index is 14.1. The predicted octanol–water partition coefficient (Wildman–Crippen LogP) is 4.07. The molecule has 1 aromatic carbocycles. The van der Waals surface area contributed by atoms with Crippen LogP contribution in [0.15, 0.2) is 30.6 Å². The molecule has 1 aliphatic carbocycles. The third-order valence-corrected chi connectivity index (χ3v) is 4.58. The summed E-state index contributed by atoms with van der Waals surface area (Å²) in [5.41, 5.74) is 0.357. The van der Waals surface area contributed by atoms with Crippen molar-refractivity contribution in [2.75, 3.05) is 6.61 Å². The van der Waals surface area contributed by atoms with Gasteiger partial charge in [-0.2, -0.15) is 0 Å². The molecule has 1 aromatic heterocycles. The highest BCUT2D eigenvalue weighted by Gasteiger charge is 2.25. The van der Waals surface area contributed by atoms with E-state index in [1.807, 2.05) is 10.8 Å². The van der Waals surface area contributed by atoms with Crippen molar-refractivity contribution in [1.82, 2.24) is 9.55 Å². The second kappa shape index (κ2) is 6.16. The van der Waals surface area contributed by atoms with Gasteiger partial charge in [-0.25, -0.2) is 9.37 Å². The largest absolute Gasteiger partial charge is 0.396 e. The molecule has 21 heavy (non-hydrogen) atoms. The fourth-order valence-corrected chi connectivity index (χ4v) is 3.44. The van der Waals surface area contributed by atoms with Crippen LogP contribution in [-0.4, -0.2) is 21.3 Å². The summed E-state index contributed by atoms with van der Waals surface area (Å²) in [6.45, 7) is 0.209. The monoisotopic (exact) mass is 308 g/mol. The van der Waals surface area contributed by atoms with E-state index >= 15 is 0 Å². The lowest BCUT2D eigenvalue weighted by molar-refractivity contribution is 0.163. The van der Waals surface area contributed by atoms with Crippen LogP contribution in [-0.2, 0) is 0 Å². The number of rotatable bonds is 3. The average molecular weight is 309 g/mol. The zero-order chi connectivity index (χ0) is 14.8. The molecule has 2 atom stereocenters. The first kappa shape index (κ1) is 14.5. The van der Waals surface area contributed by atoms with Crippen LogP contribution in [0.3, 0.4) is 0 Å². The molecule has 0 unspecified atom stereocenters. The Bertz CT molecular complexity index is 608. The molecule has 0 bridgehead atoms. The van der Waals surface area contributed by atoms with Crippen molar-refractivity contribution in [3.8, 4) is 11.4 Å². The topological polar surface area (TPSA) is 38.0 Å². The van der Waals surface area contributed by atoms with Crippen LogP contribution in [0.4, 0.5) is 4.39 Å². The van der Waals surface area contributed by atoms with Crippen LogP contribution in [0.5, 0.6) is 0 Å². The number of hydrogen-bond acceptors (Lipinski definition) is 2. The summed E-state index contributed by atoms with van der Waals surface area (Å²) in [6, 6.07) is 4.91. The van der Waals surface area contributed by atoms with E-state index in [2.05, 4.69) is 4.98 Å². The van der Waals surface area contributed by atoms with Crippen LogP contribution in [0.2, 0.25) is 5.02 Å². The fraction of sp³-hybridized carbons (Fsp3) is 0.438. The smallest absolute Gasteiger partial charge is 0.144 e. The summed E-state index contributed by atoms with van der Waals surface area (Å²) in [7, 11) is 0. The van der Waals surface area contributed by atoms with Crippen LogP contribution in [0.25, 0.3) is 11.4 Å². The molecule has 1 aliphatic rings. The number of aliphatic hydroxyl groups excluding tert-OH is 1. The minimum atomic E-state index is -0.357. The van der Waals surface area contributed by atoms with Crippen LogP contribution < -0.4 is 0 Å². The van der Waals surface area contributed by atoms with Gasteiger partial charge in [-0.05, 0) is 37.3 Å². The summed E-state index contributed by atoms with van der Waals surface area (Å²) in [4.78, 5) is 4.31. The molecule has 1 saturated carbocycles. The van der Waals surface area contributed by atoms with E-state index in [-0.39, 0.29) is 18.5 Å². The second-order valence-corrected chi connectivity index (χ2v) is 6.03. The van der Waals surface area contributed by atoms with Gasteiger partial charge < -0.3 is 9.67 Å². The Morgan fingerprint density at radius 3 is 3.00 bits per heavy atom. The van der Waals surface area contributed by atoms with Gasteiger partial charge in [-0.1, -0.05) is 24.1 Å². The maximum atomic E-state index is 14.1. The minimum absolute atomic E-state index is 0.209. The molecule has 0 aliphatic heterocycles. The summed E-state index contributed by atoms with van der Waals surface area (Å²) in [5, 5.41) is 9.75. The van der Waals surface area contributed by atoms with Gasteiger partial charge in [-0.3, -0.25) is 0 Å². The second-order valence-electron chi connectivity index (χ2n) is 5.62. The Morgan fingerprint density at radius 1 is 1.38 bits per heavy atom. The Kier molecular flexibility index (Phi) is 4.27. The van der Waals surface area contributed by atoms with Gasteiger partial charge in [0.2, 0.25) is 0 Å². The Morgan fingerprint density at radius 2 is 2.24 bits per heavy atom. The Hall–Kier alpha value is -1.39. The molecule has 0 radical (unpaired) electrons. The highest BCUT2D eigenvalue weighted by molar-refractivity contribution is 6.33. The SMILES string of the molecule is OC[C@H]1CCC[C@@H](n2ccnc2-c2c(F)cccc2Cl)C1. The van der Waals surface area contributed by atoms with Crippen molar-refractivity contribution in [1.29, 1.82) is 0 Å². The van der Waals surface area contributed by atoms with E-state index < -0.39 is 0 Å². The first-order chi connectivity index (χ1) is 10.2. The van der Waals surface area contributed by atoms with Crippen molar-refractivity contribution in [2.45, 2.75) is 31.7 Å². The zero-order valence-electron chi connectivity index (χ0n) is 11.7. The predicted molar refractivity (Wildman–Crippen MR) is 80.7 cm³/mol. The van der Waals surface area contributed by atoms with E-state index in [4.69, 9.17) is 11.6 Å². The first-order valence-corrected chi connectivity index (χ1v) is 7.66. The molecule has 1 fully saturated rings. The number of nitrogens with zero attached hydrogens (tertiary/aromatic N) is 2. The van der Waals surface area contributed by atoms with E-state index in [1.54, 1.807) is 18.3 Å². The highest BCUT2D eigenvalue weighted by Crippen LogP contribution is 2.37. The summed E-state index contributed by atoms with van der Waals surface area (Å²) in [5.74, 6) is 0.529. The molecule has 2 aromatic rings. The van der Waals surface area contributed by atoms with Crippen molar-refractivity contribution < 1.29 is 9.50 Å². The molecular weight excluding hydrogens is 291 g/mol. The van der Waals surface area contributed by atoms with Crippen LogP contribution in [0.1, 0.15) is 31.7 Å². The summed E-state index contributed by atoms with van der Waals surface area (Å²) in [6.07, 6.45) is 7.59. The molecular formula is C16H18ClFN2O. The quantitative estimate of drug-likeness (QED) is 0.928. The van der Waals surface area contributed by atoms with Gasteiger partial charge in [0.1, 0.15) is 11.6 Å². The van der Waals surface area contributed by atoms with E-state index in [1.165, 1.54) is 6.07 Å². The van der Waals surface area contributed by atoms with Gasteiger partial charge in [0.25, 0.3) is 0 Å². The van der Waals surface area contributed by atoms with Crippen LogP contribution in [0, 0.1) is 11.7 Å². The van der Waals surface area contributed by atoms with Crippen LogP contribution >= 0.6 is 11.6 Å². The standard InChI is InChI=1S/C16H18ClFN2O/c17-13-5-2-6-14(18)15(13)16-19-7-8-20(16)12-4-1-3-11(9-12)10-21/h2,5-8,11-12,21H,1,3-4,9-10H2/t11-,12+/m0/s1. The maximum Gasteiger partial charge on any atom is 0.144 e. The zero-order valence-corrected chi connectivity index (χ0v) is 12.4. The molecule has 3 nitrogen and oxygen atoms in total. The third kappa shape index (κ3) is 2.83. The lowest BCUT2D eigenvalue weighted by Crippen LogP contribution is -2.21. The van der Waals surface area contributed by atoms with E-state index in [9.17, 15) is 9.50 Å². The number of aliphatic hydroxyl groups is 1. The molecule has 112 valence electrons. The molecule has 3 rings (SSSR count). The van der Waals surface area contributed by atoms with Crippen molar-refractivity contribution in [3.63, 3.8) is 0 Å². The Balaban J connectivity index is 1.98. The van der Waals surface area contributed by atoms with Crippen molar-refractivity contribution in [3.05, 3.63) is 41.4 Å². The van der Waals surface area contributed by atoms with Gasteiger partial charge in [0.15, 0.2) is 0 Å². The molecule has 1 N–H and O–H groups in total. The number of benzene rings is 1. The molecule has 5 heteroatoms. The molecule has 0 spiro atoms. The molecule has 0 amide bonds. The third-order valence-electron chi connectivity index (χ3n) is 4.26. The lowest BCUT2D eigenvalue weighted by atomic mass is 9.86. The number of hydrogen-bond donors (Lipinski definition) is 1. The van der Waals surface area contributed by atoms with Crippen molar-refractivity contribution in [2.24, 2.45) is 5.92 Å². The molecule has 1 heterocycles. The van der Waals surface area contributed by atoms with Gasteiger partial charge in [-0.15, -0.1) is 0 Å². The van der Waals surface area contributed by atoms with Gasteiger partial charge in [0, 0.05) is 25.0 Å². The average Bonchev–Trinajstić information content (AvgIpc) is 2.96. The van der Waals surface area contributed by atoms with Crippen molar-refractivity contribution >= 4 is 11.6 Å². The highest BCUT2D eigenvalue weighted by atomic mass is 35.5. The van der Waals surface area contributed by atoms with E-state index in [0.717, 1.165) is 25.7 Å². The van der Waals surface area contributed by atoms with E-state index in [0.29, 0.717) is 22.3 Å². The number of aromatic nitrogens is 2. The van der Waals surface area contributed by atoms with Gasteiger partial charge in [0.05, 0.1) is 10.6 Å². The lowest BCUT2D eigenvalue weighted by Gasteiger charge is -2.30. The molecule has 0 saturated heterocycles. The normalized spacial score (nSPS) is 22.4. The van der Waals surface area contributed by atoms with Gasteiger partial charge >= 0.3 is 0 Å². The number of imidazole rings is 1.